The summed E-state index contributed by atoms with van der Waals surface area (Å²) in [5.41, 5.74) is 1.05. The molecule has 0 saturated carbocycles. The molecule has 0 unspecified atom stereocenters. The van der Waals surface area contributed by atoms with Gasteiger partial charge in [0.1, 0.15) is 11.2 Å². The zero-order valence-corrected chi connectivity index (χ0v) is 13.6. The van der Waals surface area contributed by atoms with Crippen LogP contribution in [-0.2, 0) is 0 Å². The standard InChI is InChI=1S/C17H23N3O2/c1-5-17(6-2,7-3)19-15(21)13-11-18-14-10-12(4)8-9-20(14)16(13)22/h8-11H,5-7H2,1-4H3,(H,19,21). The highest BCUT2D eigenvalue weighted by Crippen LogP contribution is 2.19. The van der Waals surface area contributed by atoms with Crippen molar-refractivity contribution in [1.29, 1.82) is 0 Å². The highest BCUT2D eigenvalue weighted by molar-refractivity contribution is 5.94. The topological polar surface area (TPSA) is 63.5 Å². The average molecular weight is 301 g/mol. The van der Waals surface area contributed by atoms with Crippen LogP contribution in [0.25, 0.3) is 5.65 Å². The summed E-state index contributed by atoms with van der Waals surface area (Å²) in [6.45, 7) is 8.07. The number of fused-ring (bicyclic) bond motifs is 1. The molecule has 0 saturated heterocycles. The zero-order chi connectivity index (χ0) is 16.3. The quantitative estimate of drug-likeness (QED) is 0.923. The summed E-state index contributed by atoms with van der Waals surface area (Å²) in [4.78, 5) is 29.2. The summed E-state index contributed by atoms with van der Waals surface area (Å²) in [5, 5.41) is 3.02. The molecule has 0 aromatic carbocycles. The third kappa shape index (κ3) is 2.89. The molecule has 0 bridgehead atoms. The number of amides is 1. The Morgan fingerprint density at radius 3 is 2.50 bits per heavy atom. The monoisotopic (exact) mass is 301 g/mol. The first-order chi connectivity index (χ1) is 10.5. The van der Waals surface area contributed by atoms with Gasteiger partial charge in [-0.15, -0.1) is 0 Å². The van der Waals surface area contributed by atoms with Crippen LogP contribution >= 0.6 is 0 Å². The van der Waals surface area contributed by atoms with Gasteiger partial charge in [0.15, 0.2) is 0 Å². The molecule has 1 amide bonds. The van der Waals surface area contributed by atoms with Crippen LogP contribution in [0.5, 0.6) is 0 Å². The molecule has 2 aromatic rings. The van der Waals surface area contributed by atoms with Crippen LogP contribution in [0, 0.1) is 6.92 Å². The van der Waals surface area contributed by atoms with Crippen molar-refractivity contribution < 1.29 is 4.79 Å². The van der Waals surface area contributed by atoms with Crippen LogP contribution in [0.1, 0.15) is 56.0 Å². The molecule has 0 atom stereocenters. The van der Waals surface area contributed by atoms with E-state index < -0.39 is 0 Å². The van der Waals surface area contributed by atoms with Gasteiger partial charge in [-0.2, -0.15) is 0 Å². The van der Waals surface area contributed by atoms with Crippen LogP contribution < -0.4 is 10.9 Å². The fraction of sp³-hybridized carbons (Fsp3) is 0.471. The minimum absolute atomic E-state index is 0.0843. The molecule has 2 heterocycles. The van der Waals surface area contributed by atoms with Crippen molar-refractivity contribution in [2.45, 2.75) is 52.5 Å². The number of nitrogens with one attached hydrogen (secondary N) is 1. The van der Waals surface area contributed by atoms with Crippen LogP contribution in [0.15, 0.2) is 29.3 Å². The van der Waals surface area contributed by atoms with Gasteiger partial charge in [0, 0.05) is 17.9 Å². The number of hydrogen-bond donors (Lipinski definition) is 1. The van der Waals surface area contributed by atoms with Gasteiger partial charge in [0.2, 0.25) is 0 Å². The van der Waals surface area contributed by atoms with Crippen molar-refractivity contribution in [3.05, 3.63) is 46.0 Å². The van der Waals surface area contributed by atoms with Gasteiger partial charge in [-0.1, -0.05) is 20.8 Å². The summed E-state index contributed by atoms with van der Waals surface area (Å²) in [6, 6.07) is 3.64. The Morgan fingerprint density at radius 1 is 1.27 bits per heavy atom. The minimum atomic E-state index is -0.349. The minimum Gasteiger partial charge on any atom is -0.346 e. The Balaban J connectivity index is 2.43. The number of carbonyl (C=O) groups excluding carboxylic acids is 1. The fourth-order valence-corrected chi connectivity index (χ4v) is 2.66. The molecule has 2 aromatic heterocycles. The van der Waals surface area contributed by atoms with Crippen molar-refractivity contribution in [3.63, 3.8) is 0 Å². The highest BCUT2D eigenvalue weighted by Gasteiger charge is 2.27. The number of pyridine rings is 1. The highest BCUT2D eigenvalue weighted by atomic mass is 16.2. The second-order valence-corrected chi connectivity index (χ2v) is 5.70. The van der Waals surface area contributed by atoms with E-state index in [2.05, 4.69) is 10.3 Å². The van der Waals surface area contributed by atoms with Gasteiger partial charge in [0.25, 0.3) is 11.5 Å². The largest absolute Gasteiger partial charge is 0.346 e. The zero-order valence-electron chi connectivity index (χ0n) is 13.6. The number of rotatable bonds is 5. The number of carbonyl (C=O) groups is 1. The van der Waals surface area contributed by atoms with E-state index in [1.165, 1.54) is 10.6 Å². The van der Waals surface area contributed by atoms with E-state index in [4.69, 9.17) is 0 Å². The number of nitrogens with zero attached hydrogens (tertiary/aromatic N) is 2. The summed E-state index contributed by atoms with van der Waals surface area (Å²) in [7, 11) is 0. The third-order valence-corrected chi connectivity index (χ3v) is 4.52. The fourth-order valence-electron chi connectivity index (χ4n) is 2.66. The molecular formula is C17H23N3O2. The molecule has 118 valence electrons. The first-order valence-corrected chi connectivity index (χ1v) is 7.77. The van der Waals surface area contributed by atoms with Gasteiger partial charge < -0.3 is 5.32 Å². The lowest BCUT2D eigenvalue weighted by molar-refractivity contribution is 0.0886. The van der Waals surface area contributed by atoms with Gasteiger partial charge in [0.05, 0.1) is 0 Å². The van der Waals surface area contributed by atoms with Crippen molar-refractivity contribution in [1.82, 2.24) is 14.7 Å². The molecular weight excluding hydrogens is 278 g/mol. The molecule has 1 N–H and O–H groups in total. The molecule has 5 nitrogen and oxygen atoms in total. The summed E-state index contributed by atoms with van der Waals surface area (Å²) < 4.78 is 1.41. The maximum Gasteiger partial charge on any atom is 0.270 e. The Morgan fingerprint density at radius 2 is 1.91 bits per heavy atom. The molecule has 0 aliphatic heterocycles. The Kier molecular flexibility index (Phi) is 4.64. The Hall–Kier alpha value is -2.17. The second-order valence-electron chi connectivity index (χ2n) is 5.70. The molecule has 0 aliphatic rings. The van der Waals surface area contributed by atoms with E-state index in [0.29, 0.717) is 5.65 Å². The normalized spacial score (nSPS) is 11.6. The van der Waals surface area contributed by atoms with Crippen molar-refractivity contribution in [3.8, 4) is 0 Å². The van der Waals surface area contributed by atoms with Gasteiger partial charge >= 0.3 is 0 Å². The molecule has 22 heavy (non-hydrogen) atoms. The summed E-state index contributed by atoms with van der Waals surface area (Å²) in [5.74, 6) is -0.349. The van der Waals surface area contributed by atoms with Crippen LogP contribution in [0.4, 0.5) is 0 Å². The van der Waals surface area contributed by atoms with E-state index >= 15 is 0 Å². The average Bonchev–Trinajstić information content (AvgIpc) is 2.52. The van der Waals surface area contributed by atoms with Gasteiger partial charge in [-0.25, -0.2) is 4.98 Å². The van der Waals surface area contributed by atoms with Gasteiger partial charge in [-0.3, -0.25) is 14.0 Å². The second kappa shape index (κ2) is 6.30. The maximum atomic E-state index is 12.5. The van der Waals surface area contributed by atoms with Crippen LogP contribution in [0.3, 0.4) is 0 Å². The first-order valence-electron chi connectivity index (χ1n) is 7.77. The maximum absolute atomic E-state index is 12.5. The van der Waals surface area contributed by atoms with Crippen molar-refractivity contribution >= 4 is 11.6 Å². The summed E-state index contributed by atoms with van der Waals surface area (Å²) >= 11 is 0. The predicted octanol–water partition coefficient (Wildman–Crippen LogP) is 2.70. The van der Waals surface area contributed by atoms with E-state index in [1.54, 1.807) is 6.20 Å². The molecule has 2 rings (SSSR count). The lowest BCUT2D eigenvalue weighted by Gasteiger charge is -2.31. The molecule has 5 heteroatoms. The smallest absolute Gasteiger partial charge is 0.270 e. The van der Waals surface area contributed by atoms with Gasteiger partial charge in [-0.05, 0) is 43.9 Å². The number of aromatic nitrogens is 2. The van der Waals surface area contributed by atoms with Crippen LogP contribution in [0.2, 0.25) is 0 Å². The van der Waals surface area contributed by atoms with Crippen molar-refractivity contribution in [2.75, 3.05) is 0 Å². The van der Waals surface area contributed by atoms with E-state index in [-0.39, 0.29) is 22.6 Å². The SMILES string of the molecule is CCC(CC)(CC)NC(=O)c1cnc2cc(C)ccn2c1=O. The van der Waals surface area contributed by atoms with Crippen LogP contribution in [-0.4, -0.2) is 20.8 Å². The number of hydrogen-bond acceptors (Lipinski definition) is 3. The molecule has 0 fully saturated rings. The van der Waals surface area contributed by atoms with E-state index in [1.807, 2.05) is 39.8 Å². The number of aryl methyl sites for hydroxylation is 1. The van der Waals surface area contributed by atoms with E-state index in [9.17, 15) is 9.59 Å². The Bertz CT molecular complexity index is 737. The van der Waals surface area contributed by atoms with Crippen molar-refractivity contribution in [2.24, 2.45) is 0 Å². The lowest BCUT2D eigenvalue weighted by Crippen LogP contribution is -2.48. The molecule has 0 spiro atoms. The lowest BCUT2D eigenvalue weighted by atomic mass is 9.89. The molecule has 0 radical (unpaired) electrons. The summed E-state index contributed by atoms with van der Waals surface area (Å²) in [6.07, 6.45) is 5.51. The Labute approximate surface area is 130 Å². The predicted molar refractivity (Wildman–Crippen MR) is 87.3 cm³/mol. The van der Waals surface area contributed by atoms with E-state index in [0.717, 1.165) is 24.8 Å². The third-order valence-electron chi connectivity index (χ3n) is 4.52. The first kappa shape index (κ1) is 16.2. The molecule has 0 aliphatic carbocycles.